The Labute approximate surface area is 196 Å². The molecule has 4 nitrogen and oxygen atoms in total. The number of carbonyl (C=O) groups is 1. The predicted molar refractivity (Wildman–Crippen MR) is 132 cm³/mol. The molecule has 0 bridgehead atoms. The van der Waals surface area contributed by atoms with Crippen LogP contribution in [0.3, 0.4) is 0 Å². The Kier molecular flexibility index (Phi) is 6.53. The Morgan fingerprint density at radius 1 is 1.06 bits per heavy atom. The van der Waals surface area contributed by atoms with E-state index in [0.717, 1.165) is 54.8 Å². The van der Waals surface area contributed by atoms with E-state index in [4.69, 9.17) is 0 Å². The number of hydrogen-bond donors (Lipinski definition) is 0. The van der Waals surface area contributed by atoms with E-state index in [-0.39, 0.29) is 12.1 Å². The van der Waals surface area contributed by atoms with E-state index < -0.39 is 0 Å². The fourth-order valence-electron chi connectivity index (χ4n) is 4.71. The van der Waals surface area contributed by atoms with Gasteiger partial charge in [0.15, 0.2) is 0 Å². The minimum absolute atomic E-state index is 0.0884. The van der Waals surface area contributed by atoms with E-state index >= 15 is 0 Å². The predicted octanol–water partition coefficient (Wildman–Crippen LogP) is 6.62. The normalized spacial score (nSPS) is 19.5. The molecule has 0 N–H and O–H groups in total. The van der Waals surface area contributed by atoms with Crippen LogP contribution in [0.4, 0.5) is 0 Å². The third kappa shape index (κ3) is 4.44. The zero-order valence-corrected chi connectivity index (χ0v) is 19.4. The molecule has 3 heterocycles. The van der Waals surface area contributed by atoms with Crippen molar-refractivity contribution >= 4 is 29.0 Å². The van der Waals surface area contributed by atoms with Gasteiger partial charge in [-0.15, -0.1) is 22.7 Å². The largest absolute Gasteiger partial charge is 0.302 e. The molecule has 1 fully saturated rings. The maximum absolute atomic E-state index is 12.2. The highest BCUT2D eigenvalue weighted by molar-refractivity contribution is 7.13. The van der Waals surface area contributed by atoms with Crippen LogP contribution in [0.2, 0.25) is 0 Å². The molecule has 162 valence electrons. The third-order valence-corrected chi connectivity index (χ3v) is 7.62. The molecule has 0 amide bonds. The number of aromatic nitrogens is 2. The zero-order valence-electron chi connectivity index (χ0n) is 17.8. The van der Waals surface area contributed by atoms with Crippen LogP contribution < -0.4 is 0 Å². The van der Waals surface area contributed by atoms with Crippen molar-refractivity contribution in [1.29, 1.82) is 0 Å². The van der Waals surface area contributed by atoms with Crippen molar-refractivity contribution in [2.45, 2.75) is 44.3 Å². The molecule has 32 heavy (non-hydrogen) atoms. The van der Waals surface area contributed by atoms with Crippen molar-refractivity contribution in [2.24, 2.45) is 0 Å². The van der Waals surface area contributed by atoms with E-state index in [1.165, 1.54) is 16.7 Å². The Bertz CT molecular complexity index is 1160. The van der Waals surface area contributed by atoms with Gasteiger partial charge in [0, 0.05) is 40.7 Å². The van der Waals surface area contributed by atoms with Crippen LogP contribution in [-0.2, 0) is 11.3 Å². The number of thiazole rings is 2. The lowest BCUT2D eigenvalue weighted by atomic mass is 9.93. The van der Waals surface area contributed by atoms with Crippen molar-refractivity contribution in [3.05, 3.63) is 82.1 Å². The van der Waals surface area contributed by atoms with E-state index in [2.05, 4.69) is 68.8 Å². The molecule has 6 heteroatoms. The molecule has 0 radical (unpaired) electrons. The molecule has 2 unspecified atom stereocenters. The van der Waals surface area contributed by atoms with Gasteiger partial charge >= 0.3 is 0 Å². The van der Waals surface area contributed by atoms with Gasteiger partial charge in [0.25, 0.3) is 0 Å². The molecule has 2 atom stereocenters. The van der Waals surface area contributed by atoms with Crippen molar-refractivity contribution in [1.82, 2.24) is 14.9 Å². The Hall–Kier alpha value is -2.67. The van der Waals surface area contributed by atoms with Gasteiger partial charge in [-0.25, -0.2) is 9.97 Å². The minimum atomic E-state index is -0.0884. The summed E-state index contributed by atoms with van der Waals surface area (Å²) in [4.78, 5) is 23.6. The zero-order chi connectivity index (χ0) is 21.8. The van der Waals surface area contributed by atoms with Gasteiger partial charge < -0.3 is 4.79 Å². The summed E-state index contributed by atoms with van der Waals surface area (Å²) in [6.45, 7) is 0.735. The first-order valence-corrected chi connectivity index (χ1v) is 12.8. The van der Waals surface area contributed by atoms with Crippen molar-refractivity contribution in [3.8, 4) is 21.8 Å². The molecule has 2 aromatic heterocycles. The highest BCUT2D eigenvalue weighted by Crippen LogP contribution is 2.39. The summed E-state index contributed by atoms with van der Waals surface area (Å²) in [6, 6.07) is 17.2. The second-order valence-electron chi connectivity index (χ2n) is 8.17. The highest BCUT2D eigenvalue weighted by atomic mass is 32.1. The molecule has 1 aliphatic rings. The summed E-state index contributed by atoms with van der Waals surface area (Å²) >= 11 is 3.27. The lowest BCUT2D eigenvalue weighted by molar-refractivity contribution is -0.113. The molecule has 0 saturated carbocycles. The number of likely N-dealkylation sites (tertiary alicyclic amines) is 1. The summed E-state index contributed by atoms with van der Waals surface area (Å²) in [6.07, 6.45) is 7.14. The summed E-state index contributed by atoms with van der Waals surface area (Å²) < 4.78 is 0. The molecule has 4 aromatic rings. The molecule has 1 saturated heterocycles. The maximum Gasteiger partial charge on any atom is 0.137 e. The number of hydrogen-bond acceptors (Lipinski definition) is 6. The standard InChI is InChI=1S/C26H25N3OS2/c30-16-21-8-1-4-11-25(23-10-3-2-9-22(23)24-17-31-18-28-24)29(21)15-19-6-5-7-20(14-19)26-27-12-13-32-26/h2-3,5-7,9-10,12-14,16-18,21,25H,1,4,8,11,15H2. The quantitative estimate of drug-likeness (QED) is 0.304. The van der Waals surface area contributed by atoms with Gasteiger partial charge in [-0.3, -0.25) is 4.90 Å². The molecular weight excluding hydrogens is 434 g/mol. The Balaban J connectivity index is 1.53. The fraction of sp³-hybridized carbons (Fsp3) is 0.269. The maximum atomic E-state index is 12.2. The number of rotatable bonds is 6. The van der Waals surface area contributed by atoms with Gasteiger partial charge in [-0.1, -0.05) is 55.3 Å². The lowest BCUT2D eigenvalue weighted by Crippen LogP contribution is -2.38. The van der Waals surface area contributed by atoms with E-state index in [9.17, 15) is 4.79 Å². The van der Waals surface area contributed by atoms with Gasteiger partial charge in [0.05, 0.1) is 17.2 Å². The van der Waals surface area contributed by atoms with Gasteiger partial charge in [-0.2, -0.15) is 0 Å². The van der Waals surface area contributed by atoms with Gasteiger partial charge in [0.2, 0.25) is 0 Å². The number of aldehydes is 1. The second kappa shape index (κ2) is 9.86. The van der Waals surface area contributed by atoms with Crippen molar-refractivity contribution < 1.29 is 4.79 Å². The minimum Gasteiger partial charge on any atom is -0.302 e. The average molecular weight is 460 g/mol. The SMILES string of the molecule is O=CC1CCCCC(c2ccccc2-c2cscn2)N1Cc1cccc(-c2nccs2)c1. The summed E-state index contributed by atoms with van der Waals surface area (Å²) in [7, 11) is 0. The van der Waals surface area contributed by atoms with E-state index in [0.29, 0.717) is 0 Å². The van der Waals surface area contributed by atoms with Crippen LogP contribution in [0.1, 0.15) is 42.9 Å². The van der Waals surface area contributed by atoms with Crippen LogP contribution in [0.25, 0.3) is 21.8 Å². The summed E-state index contributed by atoms with van der Waals surface area (Å²) in [5, 5.41) is 5.14. The van der Waals surface area contributed by atoms with Gasteiger partial charge in [0.1, 0.15) is 11.3 Å². The van der Waals surface area contributed by atoms with Crippen LogP contribution in [0, 0.1) is 0 Å². The van der Waals surface area contributed by atoms with Crippen LogP contribution in [0.5, 0.6) is 0 Å². The average Bonchev–Trinajstić information content (AvgIpc) is 3.53. The second-order valence-corrected chi connectivity index (χ2v) is 9.79. The number of carbonyl (C=O) groups excluding carboxylic acids is 1. The molecule has 0 aliphatic carbocycles. The van der Waals surface area contributed by atoms with Crippen LogP contribution in [-0.4, -0.2) is 27.2 Å². The van der Waals surface area contributed by atoms with Crippen LogP contribution in [0.15, 0.2) is 71.0 Å². The smallest absolute Gasteiger partial charge is 0.137 e. The summed E-state index contributed by atoms with van der Waals surface area (Å²) in [5.41, 5.74) is 7.69. The first-order valence-electron chi connectivity index (χ1n) is 11.0. The molecule has 0 spiro atoms. The first kappa shape index (κ1) is 21.2. The van der Waals surface area contributed by atoms with E-state index in [1.54, 1.807) is 22.7 Å². The highest BCUT2D eigenvalue weighted by Gasteiger charge is 2.31. The topological polar surface area (TPSA) is 46.1 Å². The lowest BCUT2D eigenvalue weighted by Gasteiger charge is -2.35. The third-order valence-electron chi connectivity index (χ3n) is 6.21. The van der Waals surface area contributed by atoms with Crippen LogP contribution >= 0.6 is 22.7 Å². The molecule has 2 aromatic carbocycles. The van der Waals surface area contributed by atoms with Crippen molar-refractivity contribution in [2.75, 3.05) is 0 Å². The first-order chi connectivity index (χ1) is 15.8. The number of benzene rings is 2. The number of nitrogens with zero attached hydrogens (tertiary/aromatic N) is 3. The monoisotopic (exact) mass is 459 g/mol. The molecule has 5 rings (SSSR count). The van der Waals surface area contributed by atoms with Gasteiger partial charge in [-0.05, 0) is 30.0 Å². The van der Waals surface area contributed by atoms with Crippen molar-refractivity contribution in [3.63, 3.8) is 0 Å². The Morgan fingerprint density at radius 3 is 2.78 bits per heavy atom. The fourth-order valence-corrected chi connectivity index (χ4v) is 5.90. The Morgan fingerprint density at radius 2 is 1.97 bits per heavy atom. The molecular formula is C26H25N3OS2. The molecule has 1 aliphatic heterocycles. The van der Waals surface area contributed by atoms with E-state index in [1.807, 2.05) is 17.1 Å². The summed E-state index contributed by atoms with van der Waals surface area (Å²) in [5.74, 6) is 0.